The summed E-state index contributed by atoms with van der Waals surface area (Å²) in [6.45, 7) is 2.23. The molecule has 1 N–H and O–H groups in total. The van der Waals surface area contributed by atoms with Crippen molar-refractivity contribution in [3.8, 4) is 5.95 Å². The van der Waals surface area contributed by atoms with Gasteiger partial charge < -0.3 is 5.32 Å². The van der Waals surface area contributed by atoms with Crippen LogP contribution in [0.3, 0.4) is 0 Å². The van der Waals surface area contributed by atoms with E-state index >= 15 is 0 Å². The SMILES string of the molecule is CC1CCCC1Nc1nc(Cl)nc(-n2cncn2)n1. The summed E-state index contributed by atoms with van der Waals surface area (Å²) in [6.07, 6.45) is 6.53. The van der Waals surface area contributed by atoms with Gasteiger partial charge in [-0.15, -0.1) is 0 Å². The Labute approximate surface area is 115 Å². The molecule has 1 fully saturated rings. The van der Waals surface area contributed by atoms with Crippen molar-refractivity contribution in [3.05, 3.63) is 17.9 Å². The van der Waals surface area contributed by atoms with Crippen LogP contribution in [0, 0.1) is 5.92 Å². The predicted octanol–water partition coefficient (Wildman–Crippen LogP) is 1.71. The van der Waals surface area contributed by atoms with E-state index in [1.807, 2.05) is 0 Å². The van der Waals surface area contributed by atoms with E-state index in [0.29, 0.717) is 23.9 Å². The Balaban J connectivity index is 1.85. The van der Waals surface area contributed by atoms with Crippen LogP contribution >= 0.6 is 11.6 Å². The van der Waals surface area contributed by atoms with Gasteiger partial charge >= 0.3 is 0 Å². The zero-order valence-corrected chi connectivity index (χ0v) is 11.2. The Morgan fingerprint density at radius 1 is 1.32 bits per heavy atom. The Kier molecular flexibility index (Phi) is 3.29. The van der Waals surface area contributed by atoms with Crippen LogP contribution in [0.15, 0.2) is 12.7 Å². The third-order valence-electron chi connectivity index (χ3n) is 3.40. The molecule has 0 aromatic carbocycles. The lowest BCUT2D eigenvalue weighted by Crippen LogP contribution is -2.23. The minimum absolute atomic E-state index is 0.147. The first-order valence-electron chi connectivity index (χ1n) is 6.25. The lowest BCUT2D eigenvalue weighted by molar-refractivity contribution is 0.552. The van der Waals surface area contributed by atoms with Gasteiger partial charge in [-0.3, -0.25) is 0 Å². The number of hydrogen-bond acceptors (Lipinski definition) is 6. The fourth-order valence-electron chi connectivity index (χ4n) is 2.34. The Morgan fingerprint density at radius 3 is 2.89 bits per heavy atom. The smallest absolute Gasteiger partial charge is 0.258 e. The highest BCUT2D eigenvalue weighted by Gasteiger charge is 2.24. The number of nitrogens with zero attached hydrogens (tertiary/aromatic N) is 6. The maximum absolute atomic E-state index is 5.93. The molecule has 0 spiro atoms. The van der Waals surface area contributed by atoms with Crippen LogP contribution in [0.4, 0.5) is 5.95 Å². The monoisotopic (exact) mass is 279 g/mol. The van der Waals surface area contributed by atoms with Crippen molar-refractivity contribution in [2.45, 2.75) is 32.2 Å². The number of halogens is 1. The Morgan fingerprint density at radius 2 is 2.21 bits per heavy atom. The van der Waals surface area contributed by atoms with Crippen LogP contribution in [0.5, 0.6) is 0 Å². The second-order valence-corrected chi connectivity index (χ2v) is 5.07. The number of anilines is 1. The summed E-state index contributed by atoms with van der Waals surface area (Å²) in [5.41, 5.74) is 0. The molecule has 19 heavy (non-hydrogen) atoms. The molecule has 7 nitrogen and oxygen atoms in total. The number of hydrogen-bond donors (Lipinski definition) is 1. The molecule has 8 heteroatoms. The van der Waals surface area contributed by atoms with Gasteiger partial charge in [-0.2, -0.15) is 24.7 Å². The average Bonchev–Trinajstić information content (AvgIpc) is 3.01. The van der Waals surface area contributed by atoms with Crippen molar-refractivity contribution in [2.75, 3.05) is 5.32 Å². The third-order valence-corrected chi connectivity index (χ3v) is 3.56. The first-order chi connectivity index (χ1) is 9.22. The minimum atomic E-state index is 0.147. The van der Waals surface area contributed by atoms with Crippen molar-refractivity contribution >= 4 is 17.5 Å². The molecule has 1 aliphatic rings. The summed E-state index contributed by atoms with van der Waals surface area (Å²) in [6, 6.07) is 0.391. The highest BCUT2D eigenvalue weighted by Crippen LogP contribution is 2.27. The minimum Gasteiger partial charge on any atom is -0.351 e. The maximum atomic E-state index is 5.93. The lowest BCUT2D eigenvalue weighted by Gasteiger charge is -2.17. The van der Waals surface area contributed by atoms with E-state index in [-0.39, 0.29) is 5.28 Å². The standard InChI is InChI=1S/C11H14ClN7/c1-7-3-2-4-8(7)15-10-16-9(12)17-11(18-10)19-6-13-5-14-19/h5-8H,2-4H2,1H3,(H,15,16,17,18). The molecule has 0 saturated heterocycles. The van der Waals surface area contributed by atoms with E-state index in [9.17, 15) is 0 Å². The summed E-state index contributed by atoms with van der Waals surface area (Å²) in [7, 11) is 0. The van der Waals surface area contributed by atoms with E-state index < -0.39 is 0 Å². The van der Waals surface area contributed by atoms with Gasteiger partial charge in [0.15, 0.2) is 0 Å². The van der Waals surface area contributed by atoms with Crippen molar-refractivity contribution < 1.29 is 0 Å². The van der Waals surface area contributed by atoms with Gasteiger partial charge in [0.25, 0.3) is 5.95 Å². The summed E-state index contributed by atoms with van der Waals surface area (Å²) in [5.74, 6) is 1.47. The van der Waals surface area contributed by atoms with E-state index in [1.54, 1.807) is 0 Å². The fourth-order valence-corrected chi connectivity index (χ4v) is 2.50. The molecule has 3 rings (SSSR count). The van der Waals surface area contributed by atoms with Crippen molar-refractivity contribution in [1.29, 1.82) is 0 Å². The second-order valence-electron chi connectivity index (χ2n) is 4.73. The van der Waals surface area contributed by atoms with Crippen LogP contribution in [0.2, 0.25) is 5.28 Å². The van der Waals surface area contributed by atoms with Crippen LogP contribution in [-0.2, 0) is 0 Å². The van der Waals surface area contributed by atoms with Crippen molar-refractivity contribution in [1.82, 2.24) is 29.7 Å². The second kappa shape index (κ2) is 5.08. The highest BCUT2D eigenvalue weighted by molar-refractivity contribution is 6.28. The first kappa shape index (κ1) is 12.3. The molecule has 1 saturated carbocycles. The van der Waals surface area contributed by atoms with Gasteiger partial charge in [0.1, 0.15) is 12.7 Å². The van der Waals surface area contributed by atoms with Crippen LogP contribution in [0.25, 0.3) is 5.95 Å². The average molecular weight is 280 g/mol. The van der Waals surface area contributed by atoms with Gasteiger partial charge in [-0.25, -0.2) is 4.98 Å². The van der Waals surface area contributed by atoms with Gasteiger partial charge in [0.2, 0.25) is 11.2 Å². The molecule has 1 aliphatic carbocycles. The van der Waals surface area contributed by atoms with E-state index in [0.717, 1.165) is 6.42 Å². The topological polar surface area (TPSA) is 81.4 Å². The van der Waals surface area contributed by atoms with E-state index in [4.69, 9.17) is 11.6 Å². The summed E-state index contributed by atoms with van der Waals surface area (Å²) in [5, 5.41) is 7.45. The largest absolute Gasteiger partial charge is 0.351 e. The molecule has 2 atom stereocenters. The lowest BCUT2D eigenvalue weighted by atomic mass is 10.1. The molecule has 100 valence electrons. The molecule has 0 amide bonds. The van der Waals surface area contributed by atoms with Crippen LogP contribution in [-0.4, -0.2) is 35.8 Å². The zero-order chi connectivity index (χ0) is 13.2. The van der Waals surface area contributed by atoms with Crippen molar-refractivity contribution in [3.63, 3.8) is 0 Å². The molecular weight excluding hydrogens is 266 g/mol. The number of aromatic nitrogens is 6. The summed E-state index contributed by atoms with van der Waals surface area (Å²) in [4.78, 5) is 16.3. The number of nitrogens with one attached hydrogen (secondary N) is 1. The Bertz CT molecular complexity index is 556. The molecule has 2 unspecified atom stereocenters. The van der Waals surface area contributed by atoms with Gasteiger partial charge in [0, 0.05) is 6.04 Å². The molecule has 2 aromatic rings. The molecular formula is C11H14ClN7. The van der Waals surface area contributed by atoms with Crippen LogP contribution in [0.1, 0.15) is 26.2 Å². The molecule has 0 aliphatic heterocycles. The fraction of sp³-hybridized carbons (Fsp3) is 0.545. The van der Waals surface area contributed by atoms with Crippen molar-refractivity contribution in [2.24, 2.45) is 5.92 Å². The highest BCUT2D eigenvalue weighted by atomic mass is 35.5. The van der Waals surface area contributed by atoms with Gasteiger partial charge in [-0.05, 0) is 30.4 Å². The summed E-state index contributed by atoms with van der Waals surface area (Å²) >= 11 is 5.93. The van der Waals surface area contributed by atoms with E-state index in [2.05, 4.69) is 37.3 Å². The van der Waals surface area contributed by atoms with Crippen LogP contribution < -0.4 is 5.32 Å². The molecule has 2 aromatic heterocycles. The molecule has 0 bridgehead atoms. The zero-order valence-electron chi connectivity index (χ0n) is 10.5. The maximum Gasteiger partial charge on any atom is 0.258 e. The normalized spacial score (nSPS) is 22.6. The third kappa shape index (κ3) is 2.65. The first-order valence-corrected chi connectivity index (χ1v) is 6.63. The Hall–Kier alpha value is -1.76. The predicted molar refractivity (Wildman–Crippen MR) is 70.2 cm³/mol. The molecule has 0 radical (unpaired) electrons. The van der Waals surface area contributed by atoms with Gasteiger partial charge in [-0.1, -0.05) is 13.3 Å². The quantitative estimate of drug-likeness (QED) is 0.921. The number of rotatable bonds is 3. The van der Waals surface area contributed by atoms with Gasteiger partial charge in [0.05, 0.1) is 0 Å². The van der Waals surface area contributed by atoms with E-state index in [1.165, 1.54) is 30.2 Å². The molecule has 2 heterocycles. The summed E-state index contributed by atoms with van der Waals surface area (Å²) < 4.78 is 1.46.